The number of pyridine rings is 1. The fourth-order valence-corrected chi connectivity index (χ4v) is 11.8. The second-order valence-corrected chi connectivity index (χ2v) is 19.9. The molecule has 1 aromatic carbocycles. The average molecular weight is 889 g/mol. The second-order valence-electron chi connectivity index (χ2n) is 18.8. The number of nitrogens with one attached hydrogen (secondary N) is 3. The Kier molecular flexibility index (Phi) is 11.0. The molecule has 5 amide bonds. The second kappa shape index (κ2) is 16.1. The number of piperidine rings is 1. The summed E-state index contributed by atoms with van der Waals surface area (Å²) in [5.74, 6) is -2.31. The molecule has 1 unspecified atom stereocenters. The molecular weight excluding hydrogens is 838 g/mol. The quantitative estimate of drug-likeness (QED) is 0.119. The number of hydrogen-bond donors (Lipinski definition) is 4. The first-order chi connectivity index (χ1) is 29.9. The summed E-state index contributed by atoms with van der Waals surface area (Å²) in [6.07, 6.45) is 7.84. The Balaban J connectivity index is 0.761. The van der Waals surface area contributed by atoms with E-state index in [-0.39, 0.29) is 47.3 Å². The van der Waals surface area contributed by atoms with Crippen LogP contribution in [0, 0.1) is 11.3 Å². The van der Waals surface area contributed by atoms with Crippen molar-refractivity contribution < 1.29 is 42.3 Å². The first-order valence-electron chi connectivity index (χ1n) is 21.8. The molecule has 3 aromatic heterocycles. The highest BCUT2D eigenvalue weighted by molar-refractivity contribution is 7.19. The molecule has 0 radical (unpaired) electrons. The van der Waals surface area contributed by atoms with Crippen molar-refractivity contribution in [3.8, 4) is 0 Å². The number of carbonyl (C=O) groups is 5. The van der Waals surface area contributed by atoms with Crippen molar-refractivity contribution in [2.75, 3.05) is 24.2 Å². The molecule has 5 heterocycles. The van der Waals surface area contributed by atoms with Gasteiger partial charge in [0.05, 0.1) is 38.0 Å². The number of alkyl halides is 3. The third-order valence-corrected chi connectivity index (χ3v) is 15.4. The Morgan fingerprint density at radius 1 is 0.984 bits per heavy atom. The van der Waals surface area contributed by atoms with Crippen molar-refractivity contribution in [1.82, 2.24) is 29.9 Å². The molecule has 14 nitrogen and oxygen atoms in total. The van der Waals surface area contributed by atoms with E-state index in [0.717, 1.165) is 92.5 Å². The summed E-state index contributed by atoms with van der Waals surface area (Å²) in [6.45, 7) is 4.19. The minimum Gasteiger partial charge on any atom is -0.385 e. The summed E-state index contributed by atoms with van der Waals surface area (Å²) in [6, 6.07) is 8.19. The van der Waals surface area contributed by atoms with E-state index in [0.29, 0.717) is 33.6 Å². The van der Waals surface area contributed by atoms with Crippen LogP contribution in [0.25, 0.3) is 10.2 Å². The maximum Gasteiger partial charge on any atom is 0.433 e. The van der Waals surface area contributed by atoms with Crippen LogP contribution in [0.15, 0.2) is 42.6 Å². The Labute approximate surface area is 366 Å². The number of amides is 5. The van der Waals surface area contributed by atoms with E-state index in [1.165, 1.54) is 17.4 Å². The molecule has 1 spiro atoms. The Bertz CT molecular complexity index is 2490. The van der Waals surface area contributed by atoms with Gasteiger partial charge in [0.1, 0.15) is 22.9 Å². The van der Waals surface area contributed by atoms with Crippen LogP contribution in [0.3, 0.4) is 0 Å². The van der Waals surface area contributed by atoms with Gasteiger partial charge in [0.25, 0.3) is 17.7 Å². The van der Waals surface area contributed by atoms with Crippen molar-refractivity contribution in [1.29, 1.82) is 0 Å². The van der Waals surface area contributed by atoms with Crippen LogP contribution in [-0.4, -0.2) is 90.9 Å². The molecule has 0 bridgehead atoms. The minimum atomic E-state index is -4.70. The molecule has 9 rings (SSSR count). The topological polar surface area (TPSA) is 179 Å². The average Bonchev–Trinajstić information content (AvgIpc) is 3.88. The zero-order chi connectivity index (χ0) is 44.6. The van der Waals surface area contributed by atoms with Crippen molar-refractivity contribution >= 4 is 62.5 Å². The van der Waals surface area contributed by atoms with Crippen molar-refractivity contribution in [3.05, 3.63) is 70.0 Å². The number of carbonyl (C=O) groups excluding carboxylic acids is 5. The molecule has 4 aromatic rings. The van der Waals surface area contributed by atoms with E-state index in [4.69, 9.17) is 5.10 Å². The fourth-order valence-electron chi connectivity index (χ4n) is 10.7. The van der Waals surface area contributed by atoms with Gasteiger partial charge in [0.15, 0.2) is 0 Å². The minimum absolute atomic E-state index is 0.0740. The molecule has 1 saturated heterocycles. The number of aliphatic hydroxyl groups is 1. The largest absolute Gasteiger partial charge is 0.433 e. The van der Waals surface area contributed by atoms with Gasteiger partial charge in [-0.15, -0.1) is 11.3 Å². The SMILES string of the molecule is CN(C[C@H]1CC[C@H](n2cc3sc(C(C)(C)O)c(NC(=O)c4cccc(C(F)(F)F)n4)c3n2)CC1)C1CCC2(CC1)CC(Nc1cccc3c1C(=O)N(C1CCC(=O)NC1=O)C3=O)C2. The van der Waals surface area contributed by atoms with Crippen LogP contribution in [0.5, 0.6) is 0 Å². The van der Waals surface area contributed by atoms with Crippen LogP contribution >= 0.6 is 11.3 Å². The van der Waals surface area contributed by atoms with Gasteiger partial charge in [-0.05, 0) is 127 Å². The number of nitrogens with zero attached hydrogens (tertiary/aromatic N) is 5. The number of fused-ring (bicyclic) bond motifs is 2. The van der Waals surface area contributed by atoms with Gasteiger partial charge in [-0.25, -0.2) is 4.98 Å². The Morgan fingerprint density at radius 3 is 2.38 bits per heavy atom. The van der Waals surface area contributed by atoms with Crippen molar-refractivity contribution in [3.63, 3.8) is 0 Å². The van der Waals surface area contributed by atoms with Crippen LogP contribution in [0.1, 0.15) is 139 Å². The zero-order valence-corrected chi connectivity index (χ0v) is 36.2. The molecule has 5 aliphatic rings. The summed E-state index contributed by atoms with van der Waals surface area (Å²) in [5.41, 5.74) is -0.691. The molecule has 334 valence electrons. The molecule has 3 aliphatic carbocycles. The fraction of sp³-hybridized carbons (Fsp3) is 0.533. The maximum atomic E-state index is 13.6. The lowest BCUT2D eigenvalue weighted by molar-refractivity contribution is -0.141. The standard InChI is InChI=1S/C45H51F3N8O6S/c1-43(2,62)38-37(52-39(58)30-8-5-9-33(50-30)45(46,47)48)36-32(63-38)23-55(53-36)27-12-10-24(11-13-27)22-54(3)26-16-18-44(19-17-26)20-25(21-44)49-29-7-4-6-28-35(29)42(61)56(41(28)60)31-14-15-34(57)51-40(31)59/h4-9,23-27,31,49,62H,10-22H2,1-3H3,(H,52,58)(H,51,57,59)/t24-,25?,26?,27-,31?,44?. The number of imide groups is 2. The smallest absolute Gasteiger partial charge is 0.385 e. The predicted molar refractivity (Wildman–Crippen MR) is 228 cm³/mol. The number of thiophene rings is 1. The maximum absolute atomic E-state index is 13.6. The summed E-state index contributed by atoms with van der Waals surface area (Å²) < 4.78 is 42.7. The highest BCUT2D eigenvalue weighted by atomic mass is 32.1. The third-order valence-electron chi connectivity index (χ3n) is 14.0. The van der Waals surface area contributed by atoms with Gasteiger partial charge in [-0.2, -0.15) is 18.3 Å². The molecule has 4 N–H and O–H groups in total. The number of anilines is 2. The number of aromatic nitrogens is 3. The van der Waals surface area contributed by atoms with E-state index in [2.05, 4.69) is 32.9 Å². The number of hydrogen-bond acceptors (Lipinski definition) is 11. The van der Waals surface area contributed by atoms with Crippen LogP contribution in [0.4, 0.5) is 24.5 Å². The lowest BCUT2D eigenvalue weighted by Gasteiger charge is -2.53. The first kappa shape index (κ1) is 43.1. The van der Waals surface area contributed by atoms with E-state index < -0.39 is 53.0 Å². The van der Waals surface area contributed by atoms with Crippen LogP contribution in [-0.2, 0) is 21.4 Å². The zero-order valence-electron chi connectivity index (χ0n) is 35.4. The summed E-state index contributed by atoms with van der Waals surface area (Å²) in [5, 5.41) is 24.3. The monoisotopic (exact) mass is 888 g/mol. The number of halogens is 3. The Hall–Kier alpha value is -5.20. The van der Waals surface area contributed by atoms with Gasteiger partial charge < -0.3 is 20.6 Å². The first-order valence-corrected chi connectivity index (χ1v) is 22.6. The van der Waals surface area contributed by atoms with Crippen molar-refractivity contribution in [2.45, 2.75) is 127 Å². The lowest BCUT2D eigenvalue weighted by atomic mass is 9.57. The summed E-state index contributed by atoms with van der Waals surface area (Å²) >= 11 is 1.30. The normalized spacial score (nSPS) is 26.6. The van der Waals surface area contributed by atoms with E-state index in [9.17, 15) is 42.3 Å². The lowest BCUT2D eigenvalue weighted by Crippen LogP contribution is -2.54. The molecule has 1 atom stereocenters. The van der Waals surface area contributed by atoms with Crippen molar-refractivity contribution in [2.24, 2.45) is 11.3 Å². The highest BCUT2D eigenvalue weighted by Crippen LogP contribution is 2.53. The van der Waals surface area contributed by atoms with E-state index in [1.54, 1.807) is 26.0 Å². The van der Waals surface area contributed by atoms with Crippen LogP contribution in [0.2, 0.25) is 0 Å². The highest BCUT2D eigenvalue weighted by Gasteiger charge is 2.49. The molecule has 4 fully saturated rings. The number of rotatable bonds is 10. The van der Waals surface area contributed by atoms with Gasteiger partial charge in [-0.1, -0.05) is 12.1 Å². The van der Waals surface area contributed by atoms with Gasteiger partial charge in [0, 0.05) is 36.9 Å². The Morgan fingerprint density at radius 2 is 1.70 bits per heavy atom. The van der Waals surface area contributed by atoms with Gasteiger partial charge >= 0.3 is 6.18 Å². The molecular formula is C45H51F3N8O6S. The summed E-state index contributed by atoms with van der Waals surface area (Å²) in [4.78, 5) is 71.8. The summed E-state index contributed by atoms with van der Waals surface area (Å²) in [7, 11) is 2.23. The molecule has 18 heteroatoms. The van der Waals surface area contributed by atoms with E-state index in [1.807, 2.05) is 16.9 Å². The predicted octanol–water partition coefficient (Wildman–Crippen LogP) is 7.26. The third kappa shape index (κ3) is 8.25. The molecule has 3 saturated carbocycles. The van der Waals surface area contributed by atoms with E-state index >= 15 is 0 Å². The molecule has 2 aliphatic heterocycles. The van der Waals surface area contributed by atoms with Gasteiger partial charge in [0.2, 0.25) is 11.8 Å². The van der Waals surface area contributed by atoms with Gasteiger partial charge in [-0.3, -0.25) is 38.9 Å². The van der Waals surface area contributed by atoms with Crippen LogP contribution < -0.4 is 16.0 Å². The number of benzene rings is 1. The molecule has 63 heavy (non-hydrogen) atoms.